The molecular weight excluding hydrogens is 196 g/mol. The van der Waals surface area contributed by atoms with Crippen LogP contribution in [0.1, 0.15) is 40.0 Å². The SMILES string of the molecule is CC(C)(C)C1CC2(CCS(=O)(=O)C2)C1. The Hall–Kier alpha value is -0.0500. The van der Waals surface area contributed by atoms with Crippen LogP contribution in [0.3, 0.4) is 0 Å². The van der Waals surface area contributed by atoms with E-state index in [0.29, 0.717) is 16.9 Å². The summed E-state index contributed by atoms with van der Waals surface area (Å²) < 4.78 is 22.8. The maximum Gasteiger partial charge on any atom is 0.150 e. The summed E-state index contributed by atoms with van der Waals surface area (Å²) in [7, 11) is -2.68. The third-order valence-electron chi connectivity index (χ3n) is 4.05. The average Bonchev–Trinajstić information content (AvgIpc) is 2.20. The van der Waals surface area contributed by atoms with E-state index in [1.54, 1.807) is 0 Å². The molecule has 0 bridgehead atoms. The lowest BCUT2D eigenvalue weighted by Gasteiger charge is -2.50. The van der Waals surface area contributed by atoms with Gasteiger partial charge in [0.05, 0.1) is 11.5 Å². The highest BCUT2D eigenvalue weighted by atomic mass is 32.2. The Labute approximate surface area is 87.0 Å². The van der Waals surface area contributed by atoms with Crippen LogP contribution in [0.25, 0.3) is 0 Å². The van der Waals surface area contributed by atoms with Crippen LogP contribution in [0.2, 0.25) is 0 Å². The molecule has 0 aromatic carbocycles. The zero-order valence-electron chi connectivity index (χ0n) is 9.34. The number of rotatable bonds is 0. The van der Waals surface area contributed by atoms with Crippen molar-refractivity contribution in [1.29, 1.82) is 0 Å². The minimum Gasteiger partial charge on any atom is -0.229 e. The molecule has 0 unspecified atom stereocenters. The van der Waals surface area contributed by atoms with Gasteiger partial charge in [-0.05, 0) is 36.0 Å². The first-order valence-electron chi connectivity index (χ1n) is 5.43. The van der Waals surface area contributed by atoms with Crippen LogP contribution in [0.15, 0.2) is 0 Å². The van der Waals surface area contributed by atoms with E-state index in [0.717, 1.165) is 25.2 Å². The van der Waals surface area contributed by atoms with E-state index in [1.165, 1.54) is 0 Å². The Kier molecular flexibility index (Phi) is 2.05. The molecule has 2 fully saturated rings. The van der Waals surface area contributed by atoms with Crippen LogP contribution in [0.4, 0.5) is 0 Å². The van der Waals surface area contributed by atoms with E-state index in [9.17, 15) is 8.42 Å². The highest BCUT2D eigenvalue weighted by Crippen LogP contribution is 2.57. The molecule has 0 aromatic rings. The van der Waals surface area contributed by atoms with Gasteiger partial charge in [-0.25, -0.2) is 8.42 Å². The predicted molar refractivity (Wildman–Crippen MR) is 57.9 cm³/mol. The fourth-order valence-electron chi connectivity index (χ4n) is 2.90. The summed E-state index contributed by atoms with van der Waals surface area (Å²) in [6, 6.07) is 0. The van der Waals surface area contributed by atoms with E-state index in [2.05, 4.69) is 20.8 Å². The fourth-order valence-corrected chi connectivity index (χ4v) is 5.10. The normalized spacial score (nSPS) is 41.2. The van der Waals surface area contributed by atoms with Gasteiger partial charge >= 0.3 is 0 Å². The first-order chi connectivity index (χ1) is 6.23. The third-order valence-corrected chi connectivity index (χ3v) is 5.93. The van der Waals surface area contributed by atoms with Crippen LogP contribution < -0.4 is 0 Å². The van der Waals surface area contributed by atoms with Crippen molar-refractivity contribution in [3.63, 3.8) is 0 Å². The smallest absolute Gasteiger partial charge is 0.150 e. The third kappa shape index (κ3) is 1.71. The largest absolute Gasteiger partial charge is 0.229 e. The molecule has 2 nitrogen and oxygen atoms in total. The van der Waals surface area contributed by atoms with Crippen LogP contribution in [-0.2, 0) is 9.84 Å². The monoisotopic (exact) mass is 216 g/mol. The maximum absolute atomic E-state index is 11.4. The predicted octanol–water partition coefficient (Wildman–Crippen LogP) is 2.25. The molecule has 0 radical (unpaired) electrons. The molecule has 2 rings (SSSR count). The Morgan fingerprint density at radius 1 is 1.21 bits per heavy atom. The summed E-state index contributed by atoms with van der Waals surface area (Å²) in [5.74, 6) is 1.63. The minimum atomic E-state index is -2.68. The van der Waals surface area contributed by atoms with E-state index in [1.807, 2.05) is 0 Å². The zero-order chi connectivity index (χ0) is 10.6. The summed E-state index contributed by atoms with van der Waals surface area (Å²) in [6.45, 7) is 6.77. The highest BCUT2D eigenvalue weighted by Gasteiger charge is 2.53. The van der Waals surface area contributed by atoms with Crippen molar-refractivity contribution in [2.75, 3.05) is 11.5 Å². The molecule has 0 atom stereocenters. The molecule has 3 heteroatoms. The molecule has 1 saturated heterocycles. The maximum atomic E-state index is 11.4. The lowest BCUT2D eigenvalue weighted by molar-refractivity contribution is 0.00620. The molecule has 0 amide bonds. The van der Waals surface area contributed by atoms with E-state index < -0.39 is 9.84 Å². The molecular formula is C11H20O2S. The van der Waals surface area contributed by atoms with Crippen molar-refractivity contribution >= 4 is 9.84 Å². The van der Waals surface area contributed by atoms with Gasteiger partial charge in [0.25, 0.3) is 0 Å². The molecule has 0 aromatic heterocycles. The molecule has 1 spiro atoms. The molecule has 2 aliphatic rings. The minimum absolute atomic E-state index is 0.191. The van der Waals surface area contributed by atoms with Crippen LogP contribution in [-0.4, -0.2) is 19.9 Å². The van der Waals surface area contributed by atoms with Gasteiger partial charge in [0.15, 0.2) is 9.84 Å². The highest BCUT2D eigenvalue weighted by molar-refractivity contribution is 7.91. The van der Waals surface area contributed by atoms with Gasteiger partial charge in [-0.2, -0.15) is 0 Å². The summed E-state index contributed by atoms with van der Waals surface area (Å²) in [6.07, 6.45) is 3.19. The first kappa shape index (κ1) is 10.5. The van der Waals surface area contributed by atoms with Gasteiger partial charge in [0.2, 0.25) is 0 Å². The molecule has 1 aliphatic heterocycles. The van der Waals surface area contributed by atoms with Gasteiger partial charge in [-0.3, -0.25) is 0 Å². The lowest BCUT2D eigenvalue weighted by atomic mass is 9.54. The summed E-state index contributed by atoms with van der Waals surface area (Å²) in [4.78, 5) is 0. The molecule has 1 saturated carbocycles. The Balaban J connectivity index is 2.01. The van der Waals surface area contributed by atoms with Gasteiger partial charge in [0.1, 0.15) is 0 Å². The first-order valence-corrected chi connectivity index (χ1v) is 7.25. The van der Waals surface area contributed by atoms with Crippen LogP contribution in [0, 0.1) is 16.7 Å². The molecule has 1 aliphatic carbocycles. The quantitative estimate of drug-likeness (QED) is 0.622. The van der Waals surface area contributed by atoms with Crippen molar-refractivity contribution in [1.82, 2.24) is 0 Å². The van der Waals surface area contributed by atoms with Crippen molar-refractivity contribution in [3.05, 3.63) is 0 Å². The Morgan fingerprint density at radius 2 is 1.79 bits per heavy atom. The van der Waals surface area contributed by atoms with Gasteiger partial charge in [0, 0.05) is 0 Å². The topological polar surface area (TPSA) is 34.1 Å². The summed E-state index contributed by atoms with van der Waals surface area (Å²) in [5.41, 5.74) is 0.550. The van der Waals surface area contributed by atoms with Gasteiger partial charge < -0.3 is 0 Å². The summed E-state index contributed by atoms with van der Waals surface area (Å²) >= 11 is 0. The average molecular weight is 216 g/mol. The second-order valence-electron chi connectivity index (χ2n) is 6.31. The van der Waals surface area contributed by atoms with Crippen molar-refractivity contribution in [2.45, 2.75) is 40.0 Å². The molecule has 0 N–H and O–H groups in total. The van der Waals surface area contributed by atoms with E-state index in [4.69, 9.17) is 0 Å². The second kappa shape index (κ2) is 2.75. The Morgan fingerprint density at radius 3 is 2.14 bits per heavy atom. The standard InChI is InChI=1S/C11H20O2S/c1-10(2,3)9-6-11(7-9)4-5-14(12,13)8-11/h9H,4-8H2,1-3H3. The van der Waals surface area contributed by atoms with E-state index >= 15 is 0 Å². The van der Waals surface area contributed by atoms with Gasteiger partial charge in [-0.15, -0.1) is 0 Å². The zero-order valence-corrected chi connectivity index (χ0v) is 10.2. The van der Waals surface area contributed by atoms with Crippen LogP contribution in [0.5, 0.6) is 0 Å². The van der Waals surface area contributed by atoms with Gasteiger partial charge in [-0.1, -0.05) is 20.8 Å². The Bertz CT molecular complexity index is 329. The number of hydrogen-bond donors (Lipinski definition) is 0. The lowest BCUT2D eigenvalue weighted by Crippen LogP contribution is -2.43. The van der Waals surface area contributed by atoms with E-state index in [-0.39, 0.29) is 5.41 Å². The summed E-state index contributed by atoms with van der Waals surface area (Å²) in [5, 5.41) is 0. The van der Waals surface area contributed by atoms with Crippen LogP contribution >= 0.6 is 0 Å². The fraction of sp³-hybridized carbons (Fsp3) is 1.00. The van der Waals surface area contributed by atoms with Crippen molar-refractivity contribution in [3.8, 4) is 0 Å². The second-order valence-corrected chi connectivity index (χ2v) is 8.50. The number of sulfone groups is 1. The number of hydrogen-bond acceptors (Lipinski definition) is 2. The van der Waals surface area contributed by atoms with Crippen molar-refractivity contribution < 1.29 is 8.42 Å². The molecule has 14 heavy (non-hydrogen) atoms. The molecule has 82 valence electrons. The molecule has 1 heterocycles. The van der Waals surface area contributed by atoms with Crippen molar-refractivity contribution in [2.24, 2.45) is 16.7 Å².